The molecule has 0 heterocycles. The predicted octanol–water partition coefficient (Wildman–Crippen LogP) is 2.00. The van der Waals surface area contributed by atoms with Crippen molar-refractivity contribution in [2.45, 2.75) is 45.4 Å². The van der Waals surface area contributed by atoms with E-state index in [-0.39, 0.29) is 30.7 Å². The summed E-state index contributed by atoms with van der Waals surface area (Å²) in [5.74, 6) is -1.17. The molecule has 2 aromatic rings. The van der Waals surface area contributed by atoms with Gasteiger partial charge in [-0.25, -0.2) is 4.79 Å². The molecule has 0 fully saturated rings. The third-order valence-electron chi connectivity index (χ3n) is 4.59. The topological polar surface area (TPSA) is 133 Å². The Labute approximate surface area is 187 Å². The summed E-state index contributed by atoms with van der Waals surface area (Å²) < 4.78 is 5.23. The zero-order valence-electron chi connectivity index (χ0n) is 18.2. The van der Waals surface area contributed by atoms with Gasteiger partial charge in [-0.2, -0.15) is 0 Å². The second kappa shape index (κ2) is 13.7. The second-order valence-electron chi connectivity index (χ2n) is 7.66. The minimum Gasteiger partial charge on any atom is -0.445 e. The molecule has 2 atom stereocenters. The van der Waals surface area contributed by atoms with Crippen molar-refractivity contribution in [2.75, 3.05) is 0 Å². The van der Waals surface area contributed by atoms with Crippen LogP contribution in [0.3, 0.4) is 0 Å². The summed E-state index contributed by atoms with van der Waals surface area (Å²) in [6.07, 6.45) is -0.0143. The van der Waals surface area contributed by atoms with Crippen LogP contribution in [0.1, 0.15) is 31.4 Å². The maximum atomic E-state index is 12.9. The Morgan fingerprint density at radius 3 is 1.97 bits per heavy atom. The molecule has 0 aromatic heterocycles. The van der Waals surface area contributed by atoms with Crippen LogP contribution in [-0.2, 0) is 32.1 Å². The summed E-state index contributed by atoms with van der Waals surface area (Å²) >= 11 is 0. The first-order chi connectivity index (χ1) is 14.9. The maximum Gasteiger partial charge on any atom is 0.408 e. The number of carbonyl (C=O) groups excluding carboxylic acids is 4. The van der Waals surface area contributed by atoms with Crippen molar-refractivity contribution in [3.63, 3.8) is 0 Å². The number of alkyl carbamates (subject to hydrolysis) is 1. The van der Waals surface area contributed by atoms with Crippen LogP contribution >= 0.6 is 0 Å². The zero-order chi connectivity index (χ0) is 22.6. The smallest absolute Gasteiger partial charge is 0.408 e. The molecule has 0 aliphatic heterocycles. The van der Waals surface area contributed by atoms with Crippen molar-refractivity contribution in [1.29, 1.82) is 0 Å². The Balaban J connectivity index is 0.00000512. The number of amides is 2. The van der Waals surface area contributed by atoms with Gasteiger partial charge >= 0.3 is 6.09 Å². The number of hydrogen-bond donors (Lipinski definition) is 2. The molecular weight excluding hydrogens is 412 g/mol. The minimum absolute atomic E-state index is 0. The summed E-state index contributed by atoms with van der Waals surface area (Å²) in [5, 5.41) is 5.19. The van der Waals surface area contributed by atoms with Crippen LogP contribution in [0.2, 0.25) is 0 Å². The first-order valence-electron chi connectivity index (χ1n) is 10.2. The molecule has 0 saturated heterocycles. The Hall–Kier alpha value is -3.52. The van der Waals surface area contributed by atoms with Crippen molar-refractivity contribution in [3.8, 4) is 0 Å². The molecule has 2 aromatic carbocycles. The first-order valence-corrected chi connectivity index (χ1v) is 10.2. The van der Waals surface area contributed by atoms with E-state index in [1.165, 1.54) is 0 Å². The lowest BCUT2D eigenvalue weighted by molar-refractivity contribution is -0.134. The van der Waals surface area contributed by atoms with Crippen LogP contribution in [0.4, 0.5) is 4.79 Å². The zero-order valence-corrected chi connectivity index (χ0v) is 18.2. The molecule has 0 aliphatic rings. The molecule has 8 nitrogen and oxygen atoms in total. The average Bonchev–Trinajstić information content (AvgIpc) is 2.77. The number of ketones is 1. The predicted molar refractivity (Wildman–Crippen MR) is 120 cm³/mol. The number of benzene rings is 2. The van der Waals surface area contributed by atoms with Gasteiger partial charge in [-0.3, -0.25) is 14.4 Å². The molecule has 0 aliphatic carbocycles. The lowest BCUT2D eigenvalue weighted by Crippen LogP contribution is -2.53. The van der Waals surface area contributed by atoms with Crippen molar-refractivity contribution in [3.05, 3.63) is 71.8 Å². The van der Waals surface area contributed by atoms with Gasteiger partial charge in [0.15, 0.2) is 6.29 Å². The standard InChI is InChI=1S/C24H28N2O5.H2O/c1-17(2)13-20(22(28)15-27)25-23(29)21(14-18-9-5-3-6-10-18)26-24(30)31-16-19-11-7-4-8-12-19;/h3-12,15,17,20-21H,13-14,16H2,1-2H3,(H,25,29)(H,26,30);1H2/t20-,21-;/m0./s1. The summed E-state index contributed by atoms with van der Waals surface area (Å²) in [4.78, 5) is 48.2. The van der Waals surface area contributed by atoms with Gasteiger partial charge in [0.05, 0.1) is 6.04 Å². The van der Waals surface area contributed by atoms with E-state index in [1.807, 2.05) is 74.5 Å². The van der Waals surface area contributed by atoms with Crippen molar-refractivity contribution in [1.82, 2.24) is 10.6 Å². The third kappa shape index (κ3) is 9.09. The van der Waals surface area contributed by atoms with E-state index in [2.05, 4.69) is 10.6 Å². The monoisotopic (exact) mass is 442 g/mol. The van der Waals surface area contributed by atoms with Crippen molar-refractivity contribution in [2.24, 2.45) is 5.92 Å². The molecule has 32 heavy (non-hydrogen) atoms. The summed E-state index contributed by atoms with van der Waals surface area (Å²) in [5.41, 5.74) is 1.64. The highest BCUT2D eigenvalue weighted by Gasteiger charge is 2.27. The number of Topliss-reactive ketones (excluding diaryl/α,β-unsaturated/α-hetero) is 1. The van der Waals surface area contributed by atoms with E-state index >= 15 is 0 Å². The Morgan fingerprint density at radius 2 is 1.44 bits per heavy atom. The number of rotatable bonds is 11. The van der Waals surface area contributed by atoms with Crippen molar-refractivity contribution >= 4 is 24.1 Å². The highest BCUT2D eigenvalue weighted by molar-refractivity contribution is 6.28. The molecule has 4 N–H and O–H groups in total. The Bertz CT molecular complexity index is 871. The fourth-order valence-electron chi connectivity index (χ4n) is 3.04. The molecule has 2 rings (SSSR count). The van der Waals surface area contributed by atoms with E-state index in [0.29, 0.717) is 6.42 Å². The molecule has 0 unspecified atom stereocenters. The number of carbonyl (C=O) groups is 4. The summed E-state index contributed by atoms with van der Waals surface area (Å²) in [7, 11) is 0. The van der Waals surface area contributed by atoms with Crippen LogP contribution < -0.4 is 10.6 Å². The molecule has 8 heteroatoms. The maximum absolute atomic E-state index is 12.9. The lowest BCUT2D eigenvalue weighted by Gasteiger charge is -2.23. The van der Waals surface area contributed by atoms with Gasteiger partial charge in [0, 0.05) is 6.42 Å². The fraction of sp³-hybridized carbons (Fsp3) is 0.333. The lowest BCUT2D eigenvalue weighted by atomic mass is 9.99. The number of ether oxygens (including phenoxy) is 1. The molecule has 0 bridgehead atoms. The van der Waals surface area contributed by atoms with E-state index in [4.69, 9.17) is 4.74 Å². The van der Waals surface area contributed by atoms with E-state index in [9.17, 15) is 19.2 Å². The molecule has 0 radical (unpaired) electrons. The number of aldehydes is 1. The largest absolute Gasteiger partial charge is 0.445 e. The quantitative estimate of drug-likeness (QED) is 0.406. The second-order valence-corrected chi connectivity index (χ2v) is 7.66. The molecular formula is C24H30N2O6. The SMILES string of the molecule is CC(C)C[C@H](NC(=O)[C@H](Cc1ccccc1)NC(=O)OCc1ccccc1)C(=O)C=O.O. The number of hydrogen-bond acceptors (Lipinski definition) is 5. The van der Waals surface area contributed by atoms with Crippen LogP contribution in [0.25, 0.3) is 0 Å². The molecule has 172 valence electrons. The summed E-state index contributed by atoms with van der Waals surface area (Å²) in [6, 6.07) is 16.4. The average molecular weight is 443 g/mol. The van der Waals surface area contributed by atoms with Crippen LogP contribution in [0, 0.1) is 5.92 Å². The van der Waals surface area contributed by atoms with Gasteiger partial charge in [-0.05, 0) is 23.5 Å². The Morgan fingerprint density at radius 1 is 0.875 bits per heavy atom. The number of nitrogens with one attached hydrogen (secondary N) is 2. The molecule has 0 saturated carbocycles. The van der Waals surface area contributed by atoms with Gasteiger partial charge in [-0.1, -0.05) is 74.5 Å². The fourth-order valence-corrected chi connectivity index (χ4v) is 3.04. The van der Waals surface area contributed by atoms with E-state index in [0.717, 1.165) is 11.1 Å². The van der Waals surface area contributed by atoms with Crippen LogP contribution in [-0.4, -0.2) is 41.6 Å². The Kier molecular flexibility index (Phi) is 11.4. The first kappa shape index (κ1) is 26.5. The van der Waals surface area contributed by atoms with Crippen molar-refractivity contribution < 1.29 is 29.4 Å². The molecule has 0 spiro atoms. The van der Waals surface area contributed by atoms with Gasteiger partial charge in [-0.15, -0.1) is 0 Å². The van der Waals surface area contributed by atoms with E-state index in [1.54, 1.807) is 0 Å². The van der Waals surface area contributed by atoms with Gasteiger partial charge < -0.3 is 20.8 Å². The van der Waals surface area contributed by atoms with Gasteiger partial charge in [0.1, 0.15) is 12.6 Å². The highest BCUT2D eigenvalue weighted by atomic mass is 16.5. The minimum atomic E-state index is -0.972. The normalized spacial score (nSPS) is 12.1. The molecule has 2 amide bonds. The highest BCUT2D eigenvalue weighted by Crippen LogP contribution is 2.09. The van der Waals surface area contributed by atoms with Crippen LogP contribution in [0.15, 0.2) is 60.7 Å². The van der Waals surface area contributed by atoms with Crippen LogP contribution in [0.5, 0.6) is 0 Å². The van der Waals surface area contributed by atoms with Gasteiger partial charge in [0.25, 0.3) is 0 Å². The summed E-state index contributed by atoms with van der Waals surface area (Å²) in [6.45, 7) is 3.84. The van der Waals surface area contributed by atoms with E-state index < -0.39 is 29.9 Å². The third-order valence-corrected chi connectivity index (χ3v) is 4.59. The van der Waals surface area contributed by atoms with Gasteiger partial charge in [0.2, 0.25) is 11.7 Å².